The minimum Gasteiger partial charge on any atom is -0.295 e. The van der Waals surface area contributed by atoms with Gasteiger partial charge >= 0.3 is 0 Å². The summed E-state index contributed by atoms with van der Waals surface area (Å²) in [5.41, 5.74) is 3.56. The maximum Gasteiger partial charge on any atom is 0.0311 e. The SMILES string of the molecule is CC1(C)CN(C2CCCC/C2=C/c2ccccc2)C1. The largest absolute Gasteiger partial charge is 0.295 e. The Morgan fingerprint density at radius 1 is 1.11 bits per heavy atom. The Labute approximate surface area is 117 Å². The molecule has 0 spiro atoms. The van der Waals surface area contributed by atoms with E-state index < -0.39 is 0 Å². The Bertz CT molecular complexity index is 450. The van der Waals surface area contributed by atoms with Crippen LogP contribution in [0.3, 0.4) is 0 Å². The molecule has 1 aliphatic heterocycles. The van der Waals surface area contributed by atoms with Crippen molar-refractivity contribution in [3.63, 3.8) is 0 Å². The first-order valence-corrected chi connectivity index (χ1v) is 7.64. The van der Waals surface area contributed by atoms with Gasteiger partial charge in [0.1, 0.15) is 0 Å². The average Bonchev–Trinajstić information content (AvgIpc) is 2.38. The van der Waals surface area contributed by atoms with Crippen LogP contribution in [0.2, 0.25) is 0 Å². The average molecular weight is 255 g/mol. The van der Waals surface area contributed by atoms with E-state index in [2.05, 4.69) is 55.2 Å². The minimum absolute atomic E-state index is 0.537. The summed E-state index contributed by atoms with van der Waals surface area (Å²) in [7, 11) is 0. The maximum absolute atomic E-state index is 2.69. The zero-order valence-corrected chi connectivity index (χ0v) is 12.2. The smallest absolute Gasteiger partial charge is 0.0311 e. The summed E-state index contributed by atoms with van der Waals surface area (Å²) >= 11 is 0. The molecule has 1 nitrogen and oxygen atoms in total. The van der Waals surface area contributed by atoms with Gasteiger partial charge in [0, 0.05) is 19.1 Å². The van der Waals surface area contributed by atoms with E-state index in [9.17, 15) is 0 Å². The highest BCUT2D eigenvalue weighted by Crippen LogP contribution is 2.37. The van der Waals surface area contributed by atoms with Crippen molar-refractivity contribution < 1.29 is 0 Å². The van der Waals surface area contributed by atoms with E-state index in [0.29, 0.717) is 11.5 Å². The van der Waals surface area contributed by atoms with Crippen molar-refractivity contribution in [3.05, 3.63) is 41.5 Å². The molecule has 3 rings (SSSR count). The van der Waals surface area contributed by atoms with Crippen molar-refractivity contribution in [2.24, 2.45) is 5.41 Å². The van der Waals surface area contributed by atoms with E-state index in [1.54, 1.807) is 5.57 Å². The highest BCUT2D eigenvalue weighted by Gasteiger charge is 2.39. The number of hydrogen-bond acceptors (Lipinski definition) is 1. The lowest BCUT2D eigenvalue weighted by molar-refractivity contribution is -0.00121. The van der Waals surface area contributed by atoms with Crippen LogP contribution in [0.5, 0.6) is 0 Å². The summed E-state index contributed by atoms with van der Waals surface area (Å²) in [5.74, 6) is 0. The molecule has 1 heteroatoms. The molecule has 0 aromatic heterocycles. The van der Waals surface area contributed by atoms with Gasteiger partial charge in [-0.2, -0.15) is 0 Å². The summed E-state index contributed by atoms with van der Waals surface area (Å²) in [6.45, 7) is 7.30. The fourth-order valence-corrected chi connectivity index (χ4v) is 3.64. The van der Waals surface area contributed by atoms with E-state index in [-0.39, 0.29) is 0 Å². The second kappa shape index (κ2) is 5.13. The molecule has 19 heavy (non-hydrogen) atoms. The van der Waals surface area contributed by atoms with Gasteiger partial charge in [0.15, 0.2) is 0 Å². The Kier molecular flexibility index (Phi) is 3.49. The van der Waals surface area contributed by atoms with E-state index >= 15 is 0 Å². The Hall–Kier alpha value is -1.08. The standard InChI is InChI=1S/C18H25N/c1-18(2)13-19(14-18)17-11-7-6-10-16(17)12-15-8-4-3-5-9-15/h3-5,8-9,12,17H,6-7,10-11,13-14H2,1-2H3/b16-12-. The summed E-state index contributed by atoms with van der Waals surface area (Å²) in [4.78, 5) is 2.69. The predicted octanol–water partition coefficient (Wildman–Crippen LogP) is 4.35. The Morgan fingerprint density at radius 3 is 2.53 bits per heavy atom. The first-order chi connectivity index (χ1) is 9.14. The number of rotatable bonds is 2. The van der Waals surface area contributed by atoms with Gasteiger partial charge in [0.05, 0.1) is 0 Å². The molecule has 0 bridgehead atoms. The van der Waals surface area contributed by atoms with Crippen LogP contribution in [-0.2, 0) is 0 Å². The van der Waals surface area contributed by atoms with E-state index in [1.807, 2.05) is 0 Å². The molecule has 1 aromatic rings. The second-order valence-electron chi connectivity index (χ2n) is 6.96. The summed E-state index contributed by atoms with van der Waals surface area (Å²) in [6, 6.07) is 11.5. The first-order valence-electron chi connectivity index (χ1n) is 7.64. The number of hydrogen-bond donors (Lipinski definition) is 0. The highest BCUT2D eigenvalue weighted by molar-refractivity contribution is 5.54. The highest BCUT2D eigenvalue weighted by atomic mass is 15.2. The van der Waals surface area contributed by atoms with Gasteiger partial charge in [-0.15, -0.1) is 0 Å². The second-order valence-corrected chi connectivity index (χ2v) is 6.96. The lowest BCUT2D eigenvalue weighted by Gasteiger charge is -2.51. The third-order valence-electron chi connectivity index (χ3n) is 4.48. The minimum atomic E-state index is 0.537. The van der Waals surface area contributed by atoms with Crippen LogP contribution in [0.4, 0.5) is 0 Å². The quantitative estimate of drug-likeness (QED) is 0.759. The van der Waals surface area contributed by atoms with Gasteiger partial charge in [0.2, 0.25) is 0 Å². The first kappa shape index (κ1) is 12.9. The zero-order valence-electron chi connectivity index (χ0n) is 12.2. The van der Waals surface area contributed by atoms with Crippen molar-refractivity contribution >= 4 is 6.08 Å². The molecule has 1 aliphatic carbocycles. The fourth-order valence-electron chi connectivity index (χ4n) is 3.64. The molecule has 1 aromatic carbocycles. The van der Waals surface area contributed by atoms with Crippen LogP contribution < -0.4 is 0 Å². The van der Waals surface area contributed by atoms with Gasteiger partial charge in [-0.3, -0.25) is 4.90 Å². The van der Waals surface area contributed by atoms with Gasteiger partial charge in [-0.05, 0) is 30.2 Å². The van der Waals surface area contributed by atoms with Crippen molar-refractivity contribution in [2.75, 3.05) is 13.1 Å². The van der Waals surface area contributed by atoms with Crippen LogP contribution in [0.1, 0.15) is 45.1 Å². The van der Waals surface area contributed by atoms with Gasteiger partial charge in [-0.25, -0.2) is 0 Å². The van der Waals surface area contributed by atoms with Crippen molar-refractivity contribution in [1.29, 1.82) is 0 Å². The Balaban J connectivity index is 1.76. The van der Waals surface area contributed by atoms with Gasteiger partial charge < -0.3 is 0 Å². The molecule has 1 heterocycles. The molecule has 1 atom stereocenters. The monoisotopic (exact) mass is 255 g/mol. The predicted molar refractivity (Wildman–Crippen MR) is 82.0 cm³/mol. The van der Waals surface area contributed by atoms with Crippen LogP contribution >= 0.6 is 0 Å². The molecule has 1 saturated heterocycles. The lowest BCUT2D eigenvalue weighted by Crippen LogP contribution is -2.57. The molecule has 2 aliphatic rings. The van der Waals surface area contributed by atoms with Crippen LogP contribution in [0.15, 0.2) is 35.9 Å². The van der Waals surface area contributed by atoms with E-state index in [0.717, 1.165) is 0 Å². The van der Waals surface area contributed by atoms with Crippen LogP contribution in [-0.4, -0.2) is 24.0 Å². The van der Waals surface area contributed by atoms with Gasteiger partial charge in [0.25, 0.3) is 0 Å². The summed E-state index contributed by atoms with van der Waals surface area (Å²) in [6.07, 6.45) is 7.85. The number of nitrogens with zero attached hydrogens (tertiary/aromatic N) is 1. The molecule has 0 N–H and O–H groups in total. The summed E-state index contributed by atoms with van der Waals surface area (Å²) < 4.78 is 0. The van der Waals surface area contributed by atoms with Gasteiger partial charge in [-0.1, -0.05) is 62.2 Å². The maximum atomic E-state index is 2.69. The molecule has 102 valence electrons. The third kappa shape index (κ3) is 2.92. The van der Waals surface area contributed by atoms with Crippen molar-refractivity contribution in [2.45, 2.75) is 45.6 Å². The molecule has 0 amide bonds. The molecule has 2 fully saturated rings. The van der Waals surface area contributed by atoms with E-state index in [1.165, 1.54) is 44.3 Å². The number of benzene rings is 1. The van der Waals surface area contributed by atoms with E-state index in [4.69, 9.17) is 0 Å². The van der Waals surface area contributed by atoms with Crippen LogP contribution in [0, 0.1) is 5.41 Å². The number of likely N-dealkylation sites (tertiary alicyclic amines) is 1. The third-order valence-corrected chi connectivity index (χ3v) is 4.48. The summed E-state index contributed by atoms with van der Waals surface area (Å²) in [5, 5.41) is 0. The topological polar surface area (TPSA) is 3.24 Å². The molecule has 1 saturated carbocycles. The zero-order chi connectivity index (χ0) is 13.3. The Morgan fingerprint density at radius 2 is 1.84 bits per heavy atom. The fraction of sp³-hybridized carbons (Fsp3) is 0.556. The molecular formula is C18H25N. The lowest BCUT2D eigenvalue weighted by atomic mass is 9.79. The van der Waals surface area contributed by atoms with Crippen LogP contribution in [0.25, 0.3) is 6.08 Å². The molecule has 0 radical (unpaired) electrons. The van der Waals surface area contributed by atoms with Crippen molar-refractivity contribution in [3.8, 4) is 0 Å². The molecule has 1 unspecified atom stereocenters. The van der Waals surface area contributed by atoms with Crippen molar-refractivity contribution in [1.82, 2.24) is 4.90 Å². The normalized spacial score (nSPS) is 29.2. The molecular weight excluding hydrogens is 230 g/mol.